The Kier molecular flexibility index (Phi) is 7.37. The highest BCUT2D eigenvalue weighted by molar-refractivity contribution is 7.98. The number of piperidine rings is 1. The first-order valence-electron chi connectivity index (χ1n) is 12.1. The molecule has 3 heterocycles. The number of alkyl halides is 1. The molecule has 0 spiro atoms. The monoisotopic (exact) mass is 515 g/mol. The van der Waals surface area contributed by atoms with Crippen molar-refractivity contribution in [1.29, 1.82) is 5.26 Å². The minimum atomic E-state index is -0.502. The number of rotatable bonds is 7. The second-order valence-electron chi connectivity index (χ2n) is 9.03. The third-order valence-corrected chi connectivity index (χ3v) is 7.40. The summed E-state index contributed by atoms with van der Waals surface area (Å²) in [7, 11) is 0. The van der Waals surface area contributed by atoms with Gasteiger partial charge in [-0.25, -0.2) is 14.4 Å². The molecule has 9 heteroatoms. The van der Waals surface area contributed by atoms with Gasteiger partial charge in [-0.3, -0.25) is 4.79 Å². The molecule has 2 aromatic heterocycles. The van der Waals surface area contributed by atoms with Crippen molar-refractivity contribution in [3.63, 3.8) is 0 Å². The second-order valence-corrected chi connectivity index (χ2v) is 9.88. The standard InChI is InChI=1S/C28H26FN5O2S/c1-37-24-13-20(15-30)12-23-26(24)36-28(33-23)22-5-3-21(4-6-22)27(35)32-16-18-8-10-34(11-9-18)25-7-2-19(14-29)17-31-25/h2-7,12-13,17-18H,8-11,14,16H2,1H3,(H,32,35). The lowest BCUT2D eigenvalue weighted by atomic mass is 9.96. The van der Waals surface area contributed by atoms with E-state index in [0.29, 0.717) is 46.1 Å². The highest BCUT2D eigenvalue weighted by Crippen LogP contribution is 2.32. The molecular formula is C28H26FN5O2S. The van der Waals surface area contributed by atoms with Crippen LogP contribution in [-0.2, 0) is 6.67 Å². The average molecular weight is 516 g/mol. The first-order valence-corrected chi connectivity index (χ1v) is 13.3. The number of carbonyl (C=O) groups excluding carboxylic acids is 1. The molecule has 188 valence electrons. The predicted molar refractivity (Wildman–Crippen MR) is 142 cm³/mol. The van der Waals surface area contributed by atoms with Crippen LogP contribution in [0.2, 0.25) is 0 Å². The molecule has 1 saturated heterocycles. The number of hydrogen-bond donors (Lipinski definition) is 1. The van der Waals surface area contributed by atoms with Gasteiger partial charge in [0, 0.05) is 42.5 Å². The van der Waals surface area contributed by atoms with Gasteiger partial charge in [-0.05, 0) is 67.5 Å². The number of nitriles is 1. The molecule has 0 atom stereocenters. The Morgan fingerprint density at radius 2 is 2.00 bits per heavy atom. The van der Waals surface area contributed by atoms with Gasteiger partial charge in [-0.1, -0.05) is 6.07 Å². The lowest BCUT2D eigenvalue weighted by Crippen LogP contribution is -2.39. The number of fused-ring (bicyclic) bond motifs is 1. The van der Waals surface area contributed by atoms with Crippen LogP contribution in [-0.4, -0.2) is 41.8 Å². The SMILES string of the molecule is CSc1cc(C#N)cc2nc(-c3ccc(C(=O)NCC4CCN(c5ccc(CF)cn5)CC4)cc3)oc12. The zero-order valence-electron chi connectivity index (χ0n) is 20.4. The lowest BCUT2D eigenvalue weighted by molar-refractivity contribution is 0.0945. The fourth-order valence-electron chi connectivity index (χ4n) is 4.49. The highest BCUT2D eigenvalue weighted by Gasteiger charge is 2.21. The van der Waals surface area contributed by atoms with Crippen LogP contribution >= 0.6 is 11.8 Å². The van der Waals surface area contributed by atoms with Gasteiger partial charge in [0.2, 0.25) is 5.89 Å². The maximum atomic E-state index is 12.7. The van der Waals surface area contributed by atoms with Crippen LogP contribution in [0.4, 0.5) is 10.2 Å². The normalized spacial score (nSPS) is 14.0. The number of nitrogens with zero attached hydrogens (tertiary/aromatic N) is 4. The van der Waals surface area contributed by atoms with Gasteiger partial charge in [-0.15, -0.1) is 11.8 Å². The van der Waals surface area contributed by atoms with Crippen molar-refractivity contribution in [3.8, 4) is 17.5 Å². The summed E-state index contributed by atoms with van der Waals surface area (Å²) in [6.45, 7) is 1.83. The summed E-state index contributed by atoms with van der Waals surface area (Å²) < 4.78 is 18.7. The van der Waals surface area contributed by atoms with Crippen molar-refractivity contribution >= 4 is 34.6 Å². The van der Waals surface area contributed by atoms with Crippen molar-refractivity contribution in [1.82, 2.24) is 15.3 Å². The number of carbonyl (C=O) groups is 1. The molecule has 2 aromatic carbocycles. The van der Waals surface area contributed by atoms with Crippen LogP contribution in [0.1, 0.15) is 34.3 Å². The number of hydrogen-bond acceptors (Lipinski definition) is 7. The summed E-state index contributed by atoms with van der Waals surface area (Å²) >= 11 is 1.50. The first-order chi connectivity index (χ1) is 18.1. The van der Waals surface area contributed by atoms with Crippen LogP contribution in [0.5, 0.6) is 0 Å². The Hall–Kier alpha value is -3.90. The molecule has 5 rings (SSSR count). The number of halogens is 1. The maximum absolute atomic E-state index is 12.7. The fraction of sp³-hybridized carbons (Fsp3) is 0.286. The molecule has 1 amide bonds. The zero-order valence-corrected chi connectivity index (χ0v) is 21.2. The number of aromatic nitrogens is 2. The number of nitrogens with one attached hydrogen (secondary N) is 1. The number of oxazole rings is 1. The largest absolute Gasteiger partial charge is 0.435 e. The van der Waals surface area contributed by atoms with E-state index in [9.17, 15) is 14.4 Å². The van der Waals surface area contributed by atoms with E-state index >= 15 is 0 Å². The zero-order chi connectivity index (χ0) is 25.8. The van der Waals surface area contributed by atoms with Gasteiger partial charge in [0.05, 0.1) is 16.5 Å². The Labute approximate surface area is 218 Å². The van der Waals surface area contributed by atoms with Crippen LogP contribution < -0.4 is 10.2 Å². The van der Waals surface area contributed by atoms with Gasteiger partial charge in [0.15, 0.2) is 5.58 Å². The molecule has 1 aliphatic rings. The van der Waals surface area contributed by atoms with Crippen LogP contribution in [0.3, 0.4) is 0 Å². The molecule has 1 fully saturated rings. The van der Waals surface area contributed by atoms with E-state index in [1.807, 2.05) is 24.5 Å². The molecule has 0 saturated carbocycles. The van der Waals surface area contributed by atoms with E-state index in [-0.39, 0.29) is 5.91 Å². The van der Waals surface area contributed by atoms with Gasteiger partial charge in [-0.2, -0.15) is 5.26 Å². The topological polar surface area (TPSA) is 95.0 Å². The third kappa shape index (κ3) is 5.44. The van der Waals surface area contributed by atoms with E-state index < -0.39 is 6.67 Å². The van der Waals surface area contributed by atoms with E-state index in [1.54, 1.807) is 36.5 Å². The second kappa shape index (κ2) is 11.0. The molecule has 1 aliphatic heterocycles. The van der Waals surface area contributed by atoms with Crippen LogP contribution in [0, 0.1) is 17.2 Å². The third-order valence-electron chi connectivity index (χ3n) is 6.65. The van der Waals surface area contributed by atoms with Crippen molar-refractivity contribution < 1.29 is 13.6 Å². The van der Waals surface area contributed by atoms with E-state index in [4.69, 9.17) is 4.42 Å². The van der Waals surface area contributed by atoms with Crippen molar-refractivity contribution in [2.45, 2.75) is 24.4 Å². The van der Waals surface area contributed by atoms with Gasteiger partial charge < -0.3 is 14.6 Å². The summed E-state index contributed by atoms with van der Waals surface area (Å²) in [6, 6.07) is 16.5. The van der Waals surface area contributed by atoms with Crippen molar-refractivity contribution in [2.24, 2.45) is 5.92 Å². The van der Waals surface area contributed by atoms with Gasteiger partial charge in [0.1, 0.15) is 18.0 Å². The van der Waals surface area contributed by atoms with Crippen LogP contribution in [0.15, 0.2) is 64.0 Å². The predicted octanol–water partition coefficient (Wildman–Crippen LogP) is 5.60. The molecule has 1 N–H and O–H groups in total. The number of pyridine rings is 1. The molecule has 0 bridgehead atoms. The summed E-state index contributed by atoms with van der Waals surface area (Å²) in [5, 5.41) is 12.3. The van der Waals surface area contributed by atoms with E-state index in [2.05, 4.69) is 26.3 Å². The molecule has 37 heavy (non-hydrogen) atoms. The van der Waals surface area contributed by atoms with Crippen molar-refractivity contribution in [2.75, 3.05) is 30.8 Å². The van der Waals surface area contributed by atoms with Crippen molar-refractivity contribution in [3.05, 3.63) is 71.4 Å². The maximum Gasteiger partial charge on any atom is 0.251 e. The smallest absolute Gasteiger partial charge is 0.251 e. The summed E-state index contributed by atoms with van der Waals surface area (Å²) in [6.07, 6.45) is 5.42. The number of anilines is 1. The van der Waals surface area contributed by atoms with Gasteiger partial charge >= 0.3 is 0 Å². The fourth-order valence-corrected chi connectivity index (χ4v) is 5.07. The first kappa shape index (κ1) is 24.8. The molecular weight excluding hydrogens is 489 g/mol. The lowest BCUT2D eigenvalue weighted by Gasteiger charge is -2.32. The molecule has 0 radical (unpaired) electrons. The number of benzene rings is 2. The highest BCUT2D eigenvalue weighted by atomic mass is 32.2. The van der Waals surface area contributed by atoms with E-state index in [0.717, 1.165) is 42.2 Å². The number of amides is 1. The molecule has 0 unspecified atom stereocenters. The minimum absolute atomic E-state index is 0.113. The number of thioether (sulfide) groups is 1. The Bertz CT molecular complexity index is 1440. The Balaban J connectivity index is 1.17. The summed E-state index contributed by atoms with van der Waals surface area (Å²) in [5.74, 6) is 1.61. The summed E-state index contributed by atoms with van der Waals surface area (Å²) in [4.78, 5) is 24.7. The quantitative estimate of drug-likeness (QED) is 0.320. The average Bonchev–Trinajstić information content (AvgIpc) is 3.40. The van der Waals surface area contributed by atoms with Crippen LogP contribution in [0.25, 0.3) is 22.6 Å². The van der Waals surface area contributed by atoms with E-state index in [1.165, 1.54) is 11.8 Å². The Morgan fingerprint density at radius 1 is 1.22 bits per heavy atom. The summed E-state index contributed by atoms with van der Waals surface area (Å²) in [5.41, 5.74) is 3.76. The molecule has 4 aromatic rings. The molecule has 7 nitrogen and oxygen atoms in total. The van der Waals surface area contributed by atoms with Gasteiger partial charge in [0.25, 0.3) is 5.91 Å². The Morgan fingerprint density at radius 3 is 2.65 bits per heavy atom. The minimum Gasteiger partial charge on any atom is -0.435 e. The molecule has 0 aliphatic carbocycles.